The first-order valence-electron chi connectivity index (χ1n) is 7.63. The summed E-state index contributed by atoms with van der Waals surface area (Å²) < 4.78 is 0. The van der Waals surface area contributed by atoms with E-state index < -0.39 is 0 Å². The zero-order chi connectivity index (χ0) is 17.4. The van der Waals surface area contributed by atoms with Gasteiger partial charge in [-0.15, -0.1) is 12.8 Å². The maximum absolute atomic E-state index is 12.3. The van der Waals surface area contributed by atoms with E-state index in [0.29, 0.717) is 12.0 Å². The Morgan fingerprint density at radius 1 is 1.12 bits per heavy atom. The van der Waals surface area contributed by atoms with Crippen LogP contribution in [-0.4, -0.2) is 5.78 Å². The molecule has 0 heterocycles. The quantitative estimate of drug-likeness (QED) is 0.585. The smallest absolute Gasteiger partial charge is 0.181 e. The molecule has 0 saturated carbocycles. The first-order valence-corrected chi connectivity index (χ1v) is 7.63. The number of rotatable bonds is 4. The lowest BCUT2D eigenvalue weighted by Gasteiger charge is -2.02. The fourth-order valence-corrected chi connectivity index (χ4v) is 2.28. The van der Waals surface area contributed by atoms with Crippen molar-refractivity contribution < 1.29 is 4.79 Å². The molecule has 0 atom stereocenters. The van der Waals surface area contributed by atoms with Gasteiger partial charge in [0.1, 0.15) is 0 Å². The van der Waals surface area contributed by atoms with E-state index in [2.05, 4.69) is 11.8 Å². The van der Waals surface area contributed by atoms with Crippen LogP contribution in [0.1, 0.15) is 24.5 Å². The van der Waals surface area contributed by atoms with Crippen LogP contribution in [0.25, 0.3) is 6.08 Å². The standard InChI is InChI=1S/C23H18O/c1-4-19-10-6-7-11-20(17-19)14-15-23(24)18(3)16-22-13-9-8-12-21(22)5-2/h1-2,6-16H,17H2,3H3/b15-14+,18-16+. The van der Waals surface area contributed by atoms with Gasteiger partial charge in [-0.3, -0.25) is 4.79 Å². The molecule has 2 rings (SSSR count). The number of hydrogen-bond donors (Lipinski definition) is 0. The van der Waals surface area contributed by atoms with Crippen LogP contribution in [0.2, 0.25) is 0 Å². The van der Waals surface area contributed by atoms with E-state index in [9.17, 15) is 4.79 Å². The Morgan fingerprint density at radius 2 is 1.88 bits per heavy atom. The second kappa shape index (κ2) is 8.37. The Labute approximate surface area is 143 Å². The molecular weight excluding hydrogens is 292 g/mol. The Hall–Kier alpha value is -3.29. The van der Waals surface area contributed by atoms with Crippen molar-refractivity contribution in [3.63, 3.8) is 0 Å². The van der Waals surface area contributed by atoms with Gasteiger partial charge in [-0.1, -0.05) is 60.4 Å². The molecule has 1 aliphatic carbocycles. The first kappa shape index (κ1) is 17.1. The summed E-state index contributed by atoms with van der Waals surface area (Å²) in [4.78, 5) is 12.3. The predicted molar refractivity (Wildman–Crippen MR) is 101 cm³/mol. The lowest BCUT2D eigenvalue weighted by molar-refractivity contribution is -0.111. The molecule has 0 N–H and O–H groups in total. The van der Waals surface area contributed by atoms with E-state index in [1.54, 1.807) is 13.0 Å². The topological polar surface area (TPSA) is 17.1 Å². The number of terminal acetylenes is 2. The van der Waals surface area contributed by atoms with Crippen LogP contribution < -0.4 is 0 Å². The van der Waals surface area contributed by atoms with Crippen molar-refractivity contribution in [2.75, 3.05) is 0 Å². The molecule has 1 heteroatoms. The number of ketones is 1. The number of hydrogen-bond acceptors (Lipinski definition) is 1. The van der Waals surface area contributed by atoms with Gasteiger partial charge >= 0.3 is 0 Å². The van der Waals surface area contributed by atoms with Gasteiger partial charge < -0.3 is 0 Å². The fraction of sp³-hybridized carbons (Fsp3) is 0.0870. The van der Waals surface area contributed by atoms with Gasteiger partial charge in [0.15, 0.2) is 5.78 Å². The third-order valence-corrected chi connectivity index (χ3v) is 3.62. The molecule has 116 valence electrons. The van der Waals surface area contributed by atoms with E-state index in [1.165, 1.54) is 0 Å². The van der Waals surface area contributed by atoms with Gasteiger partial charge in [0.25, 0.3) is 0 Å². The zero-order valence-electron chi connectivity index (χ0n) is 13.6. The van der Waals surface area contributed by atoms with E-state index in [-0.39, 0.29) is 5.78 Å². The van der Waals surface area contributed by atoms with Gasteiger partial charge in [-0.25, -0.2) is 0 Å². The van der Waals surface area contributed by atoms with Crippen LogP contribution >= 0.6 is 0 Å². The molecule has 0 aromatic heterocycles. The highest BCUT2D eigenvalue weighted by Crippen LogP contribution is 2.16. The molecule has 1 aliphatic rings. The van der Waals surface area contributed by atoms with Crippen LogP contribution in [0.5, 0.6) is 0 Å². The molecule has 1 aromatic rings. The highest BCUT2D eigenvalue weighted by Gasteiger charge is 2.04. The minimum absolute atomic E-state index is 0.0535. The van der Waals surface area contributed by atoms with Crippen molar-refractivity contribution in [2.24, 2.45) is 0 Å². The molecule has 1 nitrogen and oxygen atoms in total. The minimum Gasteiger partial charge on any atom is -0.290 e. The Morgan fingerprint density at radius 3 is 2.62 bits per heavy atom. The van der Waals surface area contributed by atoms with Gasteiger partial charge in [0, 0.05) is 17.6 Å². The maximum Gasteiger partial charge on any atom is 0.181 e. The summed E-state index contributed by atoms with van der Waals surface area (Å²) in [6, 6.07) is 7.54. The summed E-state index contributed by atoms with van der Waals surface area (Å²) in [5, 5.41) is 0. The predicted octanol–water partition coefficient (Wildman–Crippen LogP) is 4.64. The van der Waals surface area contributed by atoms with Crippen molar-refractivity contribution in [1.82, 2.24) is 0 Å². The lowest BCUT2D eigenvalue weighted by Crippen LogP contribution is -1.95. The SMILES string of the molecule is C#CC1=CC=CC=C(/C=C/C(=O)/C(C)=C/c2ccccc2C#C)C1. The summed E-state index contributed by atoms with van der Waals surface area (Å²) >= 11 is 0. The van der Waals surface area contributed by atoms with E-state index in [1.807, 2.05) is 60.7 Å². The van der Waals surface area contributed by atoms with Gasteiger partial charge in [0.2, 0.25) is 0 Å². The van der Waals surface area contributed by atoms with E-state index in [4.69, 9.17) is 12.8 Å². The van der Waals surface area contributed by atoms with Crippen LogP contribution in [0.3, 0.4) is 0 Å². The van der Waals surface area contributed by atoms with E-state index >= 15 is 0 Å². The molecule has 0 saturated heterocycles. The minimum atomic E-state index is -0.0535. The first-order chi connectivity index (χ1) is 11.6. The number of allylic oxidation sites excluding steroid dienone is 9. The average molecular weight is 310 g/mol. The number of carbonyl (C=O) groups is 1. The van der Waals surface area contributed by atoms with Crippen LogP contribution in [0.15, 0.2) is 77.4 Å². The highest BCUT2D eigenvalue weighted by molar-refractivity contribution is 6.06. The van der Waals surface area contributed by atoms with Crippen LogP contribution in [0.4, 0.5) is 0 Å². The van der Waals surface area contributed by atoms with Gasteiger partial charge in [-0.05, 0) is 41.9 Å². The van der Waals surface area contributed by atoms with Crippen LogP contribution in [0, 0.1) is 24.7 Å². The highest BCUT2D eigenvalue weighted by atomic mass is 16.1. The lowest BCUT2D eigenvalue weighted by atomic mass is 10.0. The monoisotopic (exact) mass is 310 g/mol. The maximum atomic E-state index is 12.3. The van der Waals surface area contributed by atoms with Crippen molar-refractivity contribution in [3.8, 4) is 24.7 Å². The molecule has 0 spiro atoms. The molecule has 0 fully saturated rings. The number of benzene rings is 1. The van der Waals surface area contributed by atoms with Crippen molar-refractivity contribution in [2.45, 2.75) is 13.3 Å². The largest absolute Gasteiger partial charge is 0.290 e. The van der Waals surface area contributed by atoms with Crippen molar-refractivity contribution in [3.05, 3.63) is 88.6 Å². The number of carbonyl (C=O) groups excluding carboxylic acids is 1. The molecule has 1 aromatic carbocycles. The van der Waals surface area contributed by atoms with Gasteiger partial charge in [0.05, 0.1) is 0 Å². The second-order valence-electron chi connectivity index (χ2n) is 5.40. The van der Waals surface area contributed by atoms with Crippen molar-refractivity contribution >= 4 is 11.9 Å². The molecule has 0 aliphatic heterocycles. The fourth-order valence-electron chi connectivity index (χ4n) is 2.28. The normalized spacial score (nSPS) is 14.4. The summed E-state index contributed by atoms with van der Waals surface area (Å²) in [7, 11) is 0. The molecular formula is C23H18O. The van der Waals surface area contributed by atoms with Gasteiger partial charge in [-0.2, -0.15) is 0 Å². The summed E-state index contributed by atoms with van der Waals surface area (Å²) in [6.07, 6.45) is 24.5. The Bertz CT molecular complexity index is 871. The molecule has 24 heavy (non-hydrogen) atoms. The third-order valence-electron chi connectivity index (χ3n) is 3.62. The zero-order valence-corrected chi connectivity index (χ0v) is 13.6. The Balaban J connectivity index is 2.15. The summed E-state index contributed by atoms with van der Waals surface area (Å²) in [5.74, 6) is 5.22. The molecule has 0 radical (unpaired) electrons. The van der Waals surface area contributed by atoms with Crippen molar-refractivity contribution in [1.29, 1.82) is 0 Å². The van der Waals surface area contributed by atoms with Crippen LogP contribution in [-0.2, 0) is 4.79 Å². The van der Waals surface area contributed by atoms with E-state index in [0.717, 1.165) is 22.3 Å². The Kier molecular flexibility index (Phi) is 5.95. The summed E-state index contributed by atoms with van der Waals surface area (Å²) in [5.41, 5.74) is 4.16. The summed E-state index contributed by atoms with van der Waals surface area (Å²) in [6.45, 7) is 1.79. The third kappa shape index (κ3) is 4.60. The average Bonchev–Trinajstić information content (AvgIpc) is 2.85. The molecule has 0 bridgehead atoms. The molecule has 0 unspecified atom stereocenters. The second-order valence-corrected chi connectivity index (χ2v) is 5.40. The molecule has 0 amide bonds.